The van der Waals surface area contributed by atoms with E-state index in [0.717, 1.165) is 0 Å². The molecular weight excluding hydrogens is 242 g/mol. The second-order valence-electron chi connectivity index (χ2n) is 3.84. The molecule has 2 rings (SSSR count). The smallest absolute Gasteiger partial charge is 0.339 e. The Hall–Kier alpha value is -2.80. The molecule has 0 saturated heterocycles. The van der Waals surface area contributed by atoms with Crippen LogP contribution < -0.4 is 4.74 Å². The lowest BCUT2D eigenvalue weighted by Gasteiger charge is -2.14. The molecule has 4 heteroatoms. The molecule has 2 aromatic rings. The number of para-hydroxylation sites is 1. The molecule has 0 saturated carbocycles. The predicted octanol–water partition coefficient (Wildman–Crippen LogP) is 3.03. The minimum absolute atomic E-state index is 0.0404. The molecule has 0 aromatic heterocycles. The van der Waals surface area contributed by atoms with Gasteiger partial charge in [0.1, 0.15) is 17.4 Å². The normalized spacial score (nSPS) is 11.3. The van der Waals surface area contributed by atoms with Crippen LogP contribution in [0.4, 0.5) is 0 Å². The van der Waals surface area contributed by atoms with Crippen molar-refractivity contribution in [2.45, 2.75) is 6.10 Å². The van der Waals surface area contributed by atoms with Gasteiger partial charge in [-0.15, -0.1) is 0 Å². The van der Waals surface area contributed by atoms with E-state index in [2.05, 4.69) is 0 Å². The van der Waals surface area contributed by atoms with Crippen LogP contribution in [0.15, 0.2) is 54.6 Å². The molecule has 0 aliphatic carbocycles. The first kappa shape index (κ1) is 12.7. The highest BCUT2D eigenvalue weighted by molar-refractivity contribution is 5.90. The first-order chi connectivity index (χ1) is 9.22. The number of carbonyl (C=O) groups is 1. The highest BCUT2D eigenvalue weighted by atomic mass is 16.5. The van der Waals surface area contributed by atoms with Gasteiger partial charge in [-0.1, -0.05) is 42.5 Å². The molecule has 1 atom stereocenters. The second-order valence-corrected chi connectivity index (χ2v) is 3.84. The molecular formula is C15H11NO3. The molecule has 19 heavy (non-hydrogen) atoms. The fraction of sp³-hybridized carbons (Fsp3) is 0.0667. The van der Waals surface area contributed by atoms with E-state index in [4.69, 9.17) is 15.1 Å². The summed E-state index contributed by atoms with van der Waals surface area (Å²) in [6.07, 6.45) is -0.832. The number of rotatable bonds is 4. The molecule has 4 nitrogen and oxygen atoms in total. The monoisotopic (exact) mass is 253 g/mol. The Labute approximate surface area is 110 Å². The zero-order valence-electron chi connectivity index (χ0n) is 9.98. The minimum Gasteiger partial charge on any atom is -0.478 e. The standard InChI is InChI=1S/C15H11NO3/c16-10-14(11-6-2-1-3-7-11)19-13-9-5-4-8-12(13)15(17)18/h1-9,14H,(H,17,18). The Bertz CT molecular complexity index is 617. The summed E-state index contributed by atoms with van der Waals surface area (Å²) in [5.74, 6) is -0.897. The molecule has 0 amide bonds. The Morgan fingerprint density at radius 3 is 2.37 bits per heavy atom. The minimum atomic E-state index is -1.08. The maximum atomic E-state index is 11.1. The van der Waals surface area contributed by atoms with Gasteiger partial charge < -0.3 is 9.84 Å². The van der Waals surface area contributed by atoms with Gasteiger partial charge in [0.25, 0.3) is 0 Å². The summed E-state index contributed by atoms with van der Waals surface area (Å²) >= 11 is 0. The predicted molar refractivity (Wildman–Crippen MR) is 68.8 cm³/mol. The summed E-state index contributed by atoms with van der Waals surface area (Å²) in [6, 6.07) is 17.2. The van der Waals surface area contributed by atoms with E-state index in [1.165, 1.54) is 12.1 Å². The lowest BCUT2D eigenvalue weighted by molar-refractivity contribution is 0.0691. The maximum Gasteiger partial charge on any atom is 0.339 e. The molecule has 1 N–H and O–H groups in total. The molecule has 94 valence electrons. The third-order valence-electron chi connectivity index (χ3n) is 2.58. The van der Waals surface area contributed by atoms with E-state index >= 15 is 0 Å². The van der Waals surface area contributed by atoms with Crippen LogP contribution in [-0.4, -0.2) is 11.1 Å². The first-order valence-corrected chi connectivity index (χ1v) is 5.66. The number of nitrogens with zero attached hydrogens (tertiary/aromatic N) is 1. The second kappa shape index (κ2) is 5.69. The number of hydrogen-bond donors (Lipinski definition) is 1. The van der Waals surface area contributed by atoms with Gasteiger partial charge >= 0.3 is 5.97 Å². The Morgan fingerprint density at radius 1 is 1.11 bits per heavy atom. The molecule has 0 aliphatic rings. The number of carboxylic acid groups (broad SMARTS) is 1. The summed E-state index contributed by atoms with van der Waals surface area (Å²) in [7, 11) is 0. The van der Waals surface area contributed by atoms with Crippen molar-refractivity contribution in [3.8, 4) is 11.8 Å². The van der Waals surface area contributed by atoms with Crippen LogP contribution in [0.5, 0.6) is 5.75 Å². The van der Waals surface area contributed by atoms with Crippen LogP contribution in [0.3, 0.4) is 0 Å². The molecule has 0 spiro atoms. The summed E-state index contributed by atoms with van der Waals surface area (Å²) in [4.78, 5) is 11.1. The van der Waals surface area contributed by atoms with E-state index < -0.39 is 12.1 Å². The molecule has 0 bridgehead atoms. The van der Waals surface area contributed by atoms with Gasteiger partial charge in [0.15, 0.2) is 0 Å². The van der Waals surface area contributed by atoms with Gasteiger partial charge in [0.2, 0.25) is 6.10 Å². The quantitative estimate of drug-likeness (QED) is 0.909. The Balaban J connectivity index is 2.30. The van der Waals surface area contributed by atoms with Crippen molar-refractivity contribution in [2.75, 3.05) is 0 Å². The summed E-state index contributed by atoms with van der Waals surface area (Å²) in [5, 5.41) is 18.2. The zero-order valence-corrected chi connectivity index (χ0v) is 9.98. The highest BCUT2D eigenvalue weighted by Gasteiger charge is 2.16. The zero-order chi connectivity index (χ0) is 13.7. The van der Waals surface area contributed by atoms with Gasteiger partial charge in [0.05, 0.1) is 0 Å². The van der Waals surface area contributed by atoms with E-state index in [1.54, 1.807) is 36.4 Å². The largest absolute Gasteiger partial charge is 0.478 e. The summed E-state index contributed by atoms with van der Waals surface area (Å²) in [5.41, 5.74) is 0.726. The van der Waals surface area contributed by atoms with Crippen LogP contribution >= 0.6 is 0 Å². The van der Waals surface area contributed by atoms with Crippen LogP contribution in [0.2, 0.25) is 0 Å². The van der Waals surface area contributed by atoms with Crippen molar-refractivity contribution in [3.05, 3.63) is 65.7 Å². The fourth-order valence-corrected chi connectivity index (χ4v) is 1.67. The lowest BCUT2D eigenvalue weighted by atomic mass is 10.1. The highest BCUT2D eigenvalue weighted by Crippen LogP contribution is 2.25. The molecule has 0 radical (unpaired) electrons. The van der Waals surface area contributed by atoms with Crippen LogP contribution in [-0.2, 0) is 0 Å². The molecule has 2 aromatic carbocycles. The number of aromatic carboxylic acids is 1. The van der Waals surface area contributed by atoms with Gasteiger partial charge in [-0.25, -0.2) is 4.79 Å². The van der Waals surface area contributed by atoms with Gasteiger partial charge in [0, 0.05) is 5.56 Å². The van der Waals surface area contributed by atoms with Crippen LogP contribution in [0.25, 0.3) is 0 Å². The average molecular weight is 253 g/mol. The van der Waals surface area contributed by atoms with Gasteiger partial charge in [-0.3, -0.25) is 0 Å². The van der Waals surface area contributed by atoms with Crippen molar-refractivity contribution < 1.29 is 14.6 Å². The third-order valence-corrected chi connectivity index (χ3v) is 2.58. The van der Waals surface area contributed by atoms with E-state index in [1.807, 2.05) is 12.1 Å². The number of hydrogen-bond acceptors (Lipinski definition) is 3. The number of carboxylic acids is 1. The van der Waals surface area contributed by atoms with Gasteiger partial charge in [-0.05, 0) is 12.1 Å². The van der Waals surface area contributed by atoms with E-state index in [0.29, 0.717) is 5.56 Å². The van der Waals surface area contributed by atoms with Gasteiger partial charge in [-0.2, -0.15) is 5.26 Å². The number of ether oxygens (including phenoxy) is 1. The summed E-state index contributed by atoms with van der Waals surface area (Å²) < 4.78 is 5.50. The fourth-order valence-electron chi connectivity index (χ4n) is 1.67. The maximum absolute atomic E-state index is 11.1. The topological polar surface area (TPSA) is 70.3 Å². The SMILES string of the molecule is N#CC(Oc1ccccc1C(=O)O)c1ccccc1. The Kier molecular flexibility index (Phi) is 3.79. The van der Waals surface area contributed by atoms with Crippen LogP contribution in [0.1, 0.15) is 22.0 Å². The average Bonchev–Trinajstić information content (AvgIpc) is 2.46. The molecule has 0 fully saturated rings. The van der Waals surface area contributed by atoms with Crippen LogP contribution in [0, 0.1) is 11.3 Å². The van der Waals surface area contributed by atoms with E-state index in [-0.39, 0.29) is 11.3 Å². The molecule has 0 heterocycles. The third kappa shape index (κ3) is 2.90. The molecule has 1 unspecified atom stereocenters. The number of nitriles is 1. The van der Waals surface area contributed by atoms with Crippen molar-refractivity contribution in [1.82, 2.24) is 0 Å². The van der Waals surface area contributed by atoms with Crippen molar-refractivity contribution >= 4 is 5.97 Å². The van der Waals surface area contributed by atoms with Crippen molar-refractivity contribution in [3.63, 3.8) is 0 Å². The lowest BCUT2D eigenvalue weighted by Crippen LogP contribution is -2.08. The van der Waals surface area contributed by atoms with E-state index in [9.17, 15) is 4.79 Å². The first-order valence-electron chi connectivity index (χ1n) is 5.66. The number of benzene rings is 2. The van der Waals surface area contributed by atoms with Crippen molar-refractivity contribution in [2.24, 2.45) is 0 Å². The van der Waals surface area contributed by atoms with Crippen molar-refractivity contribution in [1.29, 1.82) is 5.26 Å². The summed E-state index contributed by atoms with van der Waals surface area (Å²) in [6.45, 7) is 0. The Morgan fingerprint density at radius 2 is 1.74 bits per heavy atom. The molecule has 0 aliphatic heterocycles.